The van der Waals surface area contributed by atoms with Crippen LogP contribution in [0.5, 0.6) is 0 Å². The molecule has 2 rings (SSSR count). The van der Waals surface area contributed by atoms with Crippen LogP contribution in [-0.2, 0) is 12.7 Å². The SMILES string of the molecule is Cc1ccc(NCc2ccc(F)c(Cl)c2)cc1C(F)(F)F. The zero-order chi connectivity index (χ0) is 15.6. The summed E-state index contributed by atoms with van der Waals surface area (Å²) in [4.78, 5) is 0. The molecule has 2 aromatic carbocycles. The van der Waals surface area contributed by atoms with Crippen LogP contribution in [0.1, 0.15) is 16.7 Å². The molecule has 0 aromatic heterocycles. The predicted molar refractivity (Wildman–Crippen MR) is 74.9 cm³/mol. The Bertz CT molecular complexity index is 653. The van der Waals surface area contributed by atoms with Crippen molar-refractivity contribution in [3.63, 3.8) is 0 Å². The summed E-state index contributed by atoms with van der Waals surface area (Å²) in [5.74, 6) is -0.532. The maximum atomic E-state index is 13.0. The minimum absolute atomic E-state index is 0.0193. The molecule has 0 amide bonds. The van der Waals surface area contributed by atoms with Crippen LogP contribution in [0.25, 0.3) is 0 Å². The van der Waals surface area contributed by atoms with E-state index in [1.165, 1.54) is 31.2 Å². The Morgan fingerprint density at radius 2 is 1.81 bits per heavy atom. The molecule has 0 aliphatic carbocycles. The molecule has 1 N–H and O–H groups in total. The minimum atomic E-state index is -4.39. The lowest BCUT2D eigenvalue weighted by molar-refractivity contribution is -0.138. The van der Waals surface area contributed by atoms with Gasteiger partial charge in [0.15, 0.2) is 0 Å². The number of rotatable bonds is 3. The summed E-state index contributed by atoms with van der Waals surface area (Å²) < 4.78 is 51.4. The molecule has 0 saturated carbocycles. The van der Waals surface area contributed by atoms with E-state index in [1.54, 1.807) is 6.07 Å². The molecule has 0 saturated heterocycles. The summed E-state index contributed by atoms with van der Waals surface area (Å²) in [6.07, 6.45) is -4.39. The maximum Gasteiger partial charge on any atom is 0.416 e. The lowest BCUT2D eigenvalue weighted by atomic mass is 10.1. The first-order chi connectivity index (χ1) is 9.77. The zero-order valence-corrected chi connectivity index (χ0v) is 11.8. The highest BCUT2D eigenvalue weighted by Crippen LogP contribution is 2.33. The molecule has 0 fully saturated rings. The van der Waals surface area contributed by atoms with Crippen LogP contribution in [0, 0.1) is 12.7 Å². The van der Waals surface area contributed by atoms with Gasteiger partial charge in [-0.25, -0.2) is 4.39 Å². The zero-order valence-electron chi connectivity index (χ0n) is 11.1. The predicted octanol–water partition coefficient (Wildman–Crippen LogP) is 5.42. The molecule has 1 nitrogen and oxygen atoms in total. The largest absolute Gasteiger partial charge is 0.416 e. The fourth-order valence-electron chi connectivity index (χ4n) is 1.89. The monoisotopic (exact) mass is 317 g/mol. The van der Waals surface area contributed by atoms with Crippen LogP contribution in [-0.4, -0.2) is 0 Å². The van der Waals surface area contributed by atoms with E-state index in [-0.39, 0.29) is 17.1 Å². The standard InChI is InChI=1S/C15H12ClF4N/c1-9-2-4-11(7-12(9)15(18,19)20)21-8-10-3-5-14(17)13(16)6-10/h2-7,21H,8H2,1H3. The molecule has 6 heteroatoms. The van der Waals surface area contributed by atoms with E-state index in [0.717, 1.165) is 6.07 Å². The van der Waals surface area contributed by atoms with Gasteiger partial charge in [-0.15, -0.1) is 0 Å². The van der Waals surface area contributed by atoms with Gasteiger partial charge in [0.25, 0.3) is 0 Å². The summed E-state index contributed by atoms with van der Waals surface area (Å²) >= 11 is 5.65. The Kier molecular flexibility index (Phi) is 4.42. The Labute approximate surface area is 124 Å². The van der Waals surface area contributed by atoms with Crippen molar-refractivity contribution < 1.29 is 17.6 Å². The van der Waals surface area contributed by atoms with Gasteiger partial charge < -0.3 is 5.32 Å². The molecule has 21 heavy (non-hydrogen) atoms. The average molecular weight is 318 g/mol. The number of nitrogens with one attached hydrogen (secondary N) is 1. The Balaban J connectivity index is 2.15. The van der Waals surface area contributed by atoms with Crippen molar-refractivity contribution >= 4 is 17.3 Å². The number of benzene rings is 2. The van der Waals surface area contributed by atoms with Crippen molar-refractivity contribution in [1.29, 1.82) is 0 Å². The smallest absolute Gasteiger partial charge is 0.381 e. The molecule has 0 bridgehead atoms. The summed E-state index contributed by atoms with van der Waals surface area (Å²) in [6, 6.07) is 8.20. The highest BCUT2D eigenvalue weighted by atomic mass is 35.5. The molecular weight excluding hydrogens is 306 g/mol. The van der Waals surface area contributed by atoms with Crippen LogP contribution in [0.4, 0.5) is 23.2 Å². The highest BCUT2D eigenvalue weighted by molar-refractivity contribution is 6.30. The number of anilines is 1. The normalized spacial score (nSPS) is 11.5. The molecule has 0 heterocycles. The first-order valence-electron chi connectivity index (χ1n) is 6.13. The van der Waals surface area contributed by atoms with Crippen LogP contribution in [0.2, 0.25) is 5.02 Å². The number of hydrogen-bond acceptors (Lipinski definition) is 1. The number of hydrogen-bond donors (Lipinski definition) is 1. The molecule has 112 valence electrons. The molecule has 0 aliphatic heterocycles. The lowest BCUT2D eigenvalue weighted by Crippen LogP contribution is -2.09. The molecular formula is C15H12ClF4N. The van der Waals surface area contributed by atoms with E-state index < -0.39 is 17.6 Å². The second-order valence-electron chi connectivity index (χ2n) is 4.63. The fraction of sp³-hybridized carbons (Fsp3) is 0.200. The maximum absolute atomic E-state index is 13.0. The molecule has 0 radical (unpaired) electrons. The van der Waals surface area contributed by atoms with Gasteiger partial charge in [-0.3, -0.25) is 0 Å². The van der Waals surface area contributed by atoms with Crippen LogP contribution >= 0.6 is 11.6 Å². The van der Waals surface area contributed by atoms with Gasteiger partial charge in [0, 0.05) is 12.2 Å². The molecule has 0 spiro atoms. The van der Waals surface area contributed by atoms with Gasteiger partial charge in [-0.2, -0.15) is 13.2 Å². The summed E-state index contributed by atoms with van der Waals surface area (Å²) in [7, 11) is 0. The topological polar surface area (TPSA) is 12.0 Å². The van der Waals surface area contributed by atoms with E-state index in [9.17, 15) is 17.6 Å². The molecule has 0 unspecified atom stereocenters. The van der Waals surface area contributed by atoms with Crippen LogP contribution in [0.3, 0.4) is 0 Å². The summed E-state index contributed by atoms with van der Waals surface area (Å²) in [5, 5.41) is 2.85. The highest BCUT2D eigenvalue weighted by Gasteiger charge is 2.32. The first kappa shape index (κ1) is 15.6. The second-order valence-corrected chi connectivity index (χ2v) is 5.04. The van der Waals surface area contributed by atoms with E-state index in [4.69, 9.17) is 11.6 Å². The second kappa shape index (κ2) is 5.93. The van der Waals surface area contributed by atoms with Crippen molar-refractivity contribution in [3.8, 4) is 0 Å². The third-order valence-electron chi connectivity index (χ3n) is 3.02. The van der Waals surface area contributed by atoms with Gasteiger partial charge in [0.05, 0.1) is 10.6 Å². The number of halogens is 5. The Morgan fingerprint density at radius 1 is 1.10 bits per heavy atom. The van der Waals surface area contributed by atoms with Crippen molar-refractivity contribution in [2.45, 2.75) is 19.6 Å². The van der Waals surface area contributed by atoms with Crippen molar-refractivity contribution in [2.75, 3.05) is 5.32 Å². The van der Waals surface area contributed by atoms with E-state index >= 15 is 0 Å². The number of alkyl halides is 3. The van der Waals surface area contributed by atoms with Crippen molar-refractivity contribution in [3.05, 3.63) is 63.9 Å². The van der Waals surface area contributed by atoms with E-state index in [0.29, 0.717) is 11.3 Å². The quantitative estimate of drug-likeness (QED) is 0.745. The van der Waals surface area contributed by atoms with Gasteiger partial charge in [0.2, 0.25) is 0 Å². The summed E-state index contributed by atoms with van der Waals surface area (Å²) in [5.41, 5.74) is 0.506. The fourth-order valence-corrected chi connectivity index (χ4v) is 2.09. The van der Waals surface area contributed by atoms with E-state index in [2.05, 4.69) is 5.32 Å². The average Bonchev–Trinajstić information content (AvgIpc) is 2.40. The summed E-state index contributed by atoms with van der Waals surface area (Å²) in [6.45, 7) is 1.66. The molecule has 0 atom stereocenters. The third-order valence-corrected chi connectivity index (χ3v) is 3.31. The molecule has 0 aliphatic rings. The first-order valence-corrected chi connectivity index (χ1v) is 6.51. The van der Waals surface area contributed by atoms with Crippen molar-refractivity contribution in [2.24, 2.45) is 0 Å². The third kappa shape index (κ3) is 3.88. The van der Waals surface area contributed by atoms with Crippen LogP contribution < -0.4 is 5.32 Å². The minimum Gasteiger partial charge on any atom is -0.381 e. The molecule has 2 aromatic rings. The Morgan fingerprint density at radius 3 is 2.43 bits per heavy atom. The van der Waals surface area contributed by atoms with Crippen molar-refractivity contribution in [1.82, 2.24) is 0 Å². The Hall–Kier alpha value is -1.75. The van der Waals surface area contributed by atoms with E-state index in [1.807, 2.05) is 0 Å². The lowest BCUT2D eigenvalue weighted by Gasteiger charge is -2.13. The van der Waals surface area contributed by atoms with Gasteiger partial charge >= 0.3 is 6.18 Å². The van der Waals surface area contributed by atoms with Gasteiger partial charge in [-0.05, 0) is 42.3 Å². The van der Waals surface area contributed by atoms with Gasteiger partial charge in [0.1, 0.15) is 5.82 Å². The number of aryl methyl sites for hydroxylation is 1. The van der Waals surface area contributed by atoms with Gasteiger partial charge in [-0.1, -0.05) is 23.7 Å². The van der Waals surface area contributed by atoms with Crippen LogP contribution in [0.15, 0.2) is 36.4 Å².